The van der Waals surface area contributed by atoms with Gasteiger partial charge in [0.15, 0.2) is 0 Å². The number of hydrogen-bond donors (Lipinski definition) is 0. The Morgan fingerprint density at radius 2 is 0.300 bits per heavy atom. The van der Waals surface area contributed by atoms with Crippen molar-refractivity contribution in [3.63, 3.8) is 0 Å². The average molecular weight is 1610 g/mol. The number of hydrogen-bond acceptors (Lipinski definition) is 20. The molecule has 0 saturated heterocycles. The van der Waals surface area contributed by atoms with E-state index in [4.69, 9.17) is 71.6 Å². The van der Waals surface area contributed by atoms with Crippen LogP contribution in [0.3, 0.4) is 0 Å². The molecule has 0 unspecified atom stereocenters. The molecule has 0 atom stereocenters. The molecule has 0 saturated carbocycles. The molecule has 30 heavy (non-hydrogen) atoms. The third-order valence-corrected chi connectivity index (χ3v) is 0. The van der Waals surface area contributed by atoms with Crippen LogP contribution in [0.25, 0.3) is 0 Å². The summed E-state index contributed by atoms with van der Waals surface area (Å²) in [4.78, 5) is 0. The van der Waals surface area contributed by atoms with E-state index in [-0.39, 0.29) is 108 Å². The molecular weight excluding hydrogens is 1610 g/mol. The summed E-state index contributed by atoms with van der Waals surface area (Å²) >= 11 is -30.8. The SMILES string of the molecule is [Fe+3].[Fe+3].[Mg+2].[Mg+2].[O]=[W](=[O])([O-])[O-].[O]=[W](=[O])([O-])[O-].[O]=[W](=[O])([O-])[O-].[O]=[W](=[O])([O-])[O-].[O]=[W](=[O])([O-])[O-].[Pb]. The van der Waals surface area contributed by atoms with Crippen molar-refractivity contribution < 1.29 is 189 Å². The van der Waals surface area contributed by atoms with Crippen LogP contribution in [0.4, 0.5) is 0 Å². The van der Waals surface area contributed by atoms with Crippen LogP contribution in [-0.4, -0.2) is 73.4 Å². The second-order valence-corrected chi connectivity index (χ2v) is 16.7. The Morgan fingerprint density at radius 3 is 0.300 bits per heavy atom. The molecule has 0 aromatic carbocycles. The zero-order chi connectivity index (χ0) is 22.5. The monoisotopic (exact) mass is 1610 g/mol. The summed E-state index contributed by atoms with van der Waals surface area (Å²) in [5.41, 5.74) is 0. The summed E-state index contributed by atoms with van der Waals surface area (Å²) < 4.78 is 173. The quantitative estimate of drug-likeness (QED) is 0.203. The summed E-state index contributed by atoms with van der Waals surface area (Å²) in [5.74, 6) is 0. The molecule has 30 heteroatoms. The molecule has 0 aliphatic rings. The van der Waals surface area contributed by atoms with Gasteiger partial charge in [-0.1, -0.05) is 0 Å². The van der Waals surface area contributed by atoms with E-state index in [0.717, 1.165) is 0 Å². The van der Waals surface area contributed by atoms with Crippen molar-refractivity contribution in [2.75, 3.05) is 0 Å². The minimum absolute atomic E-state index is 0. The summed E-state index contributed by atoms with van der Waals surface area (Å²) in [7, 11) is 0. The van der Waals surface area contributed by atoms with Crippen LogP contribution in [0.1, 0.15) is 0 Å². The smallest absolute Gasteiger partial charge is 0 e. The van der Waals surface area contributed by atoms with Gasteiger partial charge in [-0.2, -0.15) is 0 Å². The topological polar surface area (TPSA) is 401 Å². The fourth-order valence-electron chi connectivity index (χ4n) is 0. The van der Waals surface area contributed by atoms with Gasteiger partial charge in [-0.25, -0.2) is 0 Å². The largest absolute Gasteiger partial charge is 0 e. The Kier molecular flexibility index (Phi) is 64.0. The van der Waals surface area contributed by atoms with E-state index >= 15 is 0 Å². The molecule has 0 aromatic rings. The van der Waals surface area contributed by atoms with Crippen LogP contribution >= 0.6 is 0 Å². The minimum Gasteiger partial charge on any atom is 0 e. The van der Waals surface area contributed by atoms with Gasteiger partial charge in [0.1, 0.15) is 0 Å². The standard InChI is InChI=1S/2Fe.2Mg.20O.Pb.5W/q2*+3;2*+2;;;;;;;;;;;10*-1;;;;;;. The second-order valence-electron chi connectivity index (χ2n) is 2.04. The first-order chi connectivity index (χ1) is 10.0. The second kappa shape index (κ2) is 29.8. The molecule has 0 aliphatic heterocycles. The maximum atomic E-state index is 8.65. The van der Waals surface area contributed by atoms with Crippen LogP contribution in [0.2, 0.25) is 0 Å². The molecule has 0 rings (SSSR count). The Labute approximate surface area is 257 Å². The van der Waals surface area contributed by atoms with Gasteiger partial charge in [0.25, 0.3) is 0 Å². The van der Waals surface area contributed by atoms with Gasteiger partial charge in [0.05, 0.1) is 0 Å². The van der Waals surface area contributed by atoms with E-state index in [2.05, 4.69) is 0 Å². The van der Waals surface area contributed by atoms with E-state index in [9.17, 15) is 0 Å². The van der Waals surface area contributed by atoms with Crippen LogP contribution in [-0.2, 0) is 152 Å². The molecule has 0 N–H and O–H groups in total. The van der Waals surface area contributed by atoms with Gasteiger partial charge >= 0.3 is 236 Å². The van der Waals surface area contributed by atoms with Gasteiger partial charge in [0, 0.05) is 27.3 Å². The van der Waals surface area contributed by atoms with Crippen molar-refractivity contribution in [1.29, 1.82) is 0 Å². The zero-order valence-electron chi connectivity index (χ0n) is 12.8. The Balaban J connectivity index is -0.0000000200. The molecule has 0 spiro atoms. The summed E-state index contributed by atoms with van der Waals surface area (Å²) in [6, 6.07) is 0. The first-order valence-electron chi connectivity index (χ1n) is 3.33. The van der Waals surface area contributed by atoms with E-state index in [1.807, 2.05) is 0 Å². The molecule has 0 bridgehead atoms. The van der Waals surface area contributed by atoms with Crippen LogP contribution in [0, 0.1) is 0 Å². The van der Waals surface area contributed by atoms with Crippen LogP contribution < -0.4 is 37.6 Å². The Bertz CT molecular complexity index is 635. The van der Waals surface area contributed by atoms with Crippen molar-refractivity contribution in [2.24, 2.45) is 0 Å². The van der Waals surface area contributed by atoms with Gasteiger partial charge in [-0.3, -0.25) is 0 Å². The minimum atomic E-state index is -6.17. The van der Waals surface area contributed by atoms with Crippen molar-refractivity contribution >= 4 is 73.4 Å². The Hall–Kier alpha value is 4.54. The van der Waals surface area contributed by atoms with Gasteiger partial charge < -0.3 is 0 Å². The van der Waals surface area contributed by atoms with Gasteiger partial charge in [-0.05, 0) is 0 Å². The predicted octanol–water partition coefficient (Wildman–Crippen LogP) is -14.2. The predicted molar refractivity (Wildman–Crippen MR) is 24.1 cm³/mol. The molecule has 6 radical (unpaired) electrons. The van der Waals surface area contributed by atoms with Crippen molar-refractivity contribution in [3.05, 3.63) is 0 Å². The molecule has 0 fully saturated rings. The summed E-state index contributed by atoms with van der Waals surface area (Å²) in [6.07, 6.45) is 0. The van der Waals surface area contributed by atoms with Gasteiger partial charge in [0.2, 0.25) is 0 Å². The first kappa shape index (κ1) is 64.5. The van der Waals surface area contributed by atoms with E-state index in [1.165, 1.54) is 0 Å². The number of rotatable bonds is 0. The normalized spacial score (nSPS) is 9.67. The maximum absolute atomic E-state index is 8.65. The molecule has 0 heterocycles. The molecule has 20 nitrogen and oxygen atoms in total. The van der Waals surface area contributed by atoms with Crippen molar-refractivity contribution in [1.82, 2.24) is 0 Å². The summed E-state index contributed by atoms with van der Waals surface area (Å²) in [6.45, 7) is 0. The maximum Gasteiger partial charge on any atom is 0 e. The molecule has 0 aromatic heterocycles. The molecule has 0 amide bonds. The van der Waals surface area contributed by atoms with E-state index in [1.54, 1.807) is 0 Å². The van der Waals surface area contributed by atoms with Gasteiger partial charge in [-0.15, -0.1) is 0 Å². The molecule has 174 valence electrons. The first-order valence-corrected chi connectivity index (χ1v) is 27.3. The fraction of sp³-hybridized carbons (Fsp3) is 0. The van der Waals surface area contributed by atoms with E-state index < -0.39 is 83.7 Å². The van der Waals surface area contributed by atoms with Crippen LogP contribution in [0.15, 0.2) is 0 Å². The fourth-order valence-corrected chi connectivity index (χ4v) is 0. The van der Waals surface area contributed by atoms with Crippen molar-refractivity contribution in [2.45, 2.75) is 0 Å². The van der Waals surface area contributed by atoms with Crippen molar-refractivity contribution in [3.8, 4) is 0 Å². The average Bonchev–Trinajstić information content (AvgIpc) is 1.79. The Morgan fingerprint density at radius 1 is 0.300 bits per heavy atom. The van der Waals surface area contributed by atoms with E-state index in [0.29, 0.717) is 0 Å². The molecular formula is Fe2Mg2O20PbW5. The zero-order valence-corrected chi connectivity index (χ0v) is 36.4. The summed E-state index contributed by atoms with van der Waals surface area (Å²) in [5, 5.41) is 0. The van der Waals surface area contributed by atoms with Crippen LogP contribution in [0.5, 0.6) is 0 Å². The third-order valence-electron chi connectivity index (χ3n) is 0. The molecule has 0 aliphatic carbocycles. The third kappa shape index (κ3) is 1570.